The van der Waals surface area contributed by atoms with E-state index in [-0.39, 0.29) is 29.6 Å². The van der Waals surface area contributed by atoms with Crippen LogP contribution in [0.2, 0.25) is 0 Å². The van der Waals surface area contributed by atoms with Crippen LogP contribution in [-0.2, 0) is 11.3 Å². The molecule has 0 aliphatic carbocycles. The Morgan fingerprint density at radius 2 is 1.90 bits per heavy atom. The second-order valence-electron chi connectivity index (χ2n) is 7.00. The number of carbonyl (C=O) groups excluding carboxylic acids is 2. The maximum atomic E-state index is 12.7. The molecule has 0 aliphatic heterocycles. The Morgan fingerprint density at radius 1 is 1.24 bits per heavy atom. The second-order valence-corrected chi connectivity index (χ2v) is 7.94. The number of carbonyl (C=O) groups is 2. The minimum atomic E-state index is -0.469. The van der Waals surface area contributed by atoms with E-state index in [1.807, 2.05) is 27.7 Å². The predicted octanol–water partition coefficient (Wildman–Crippen LogP) is 3.64. The molecule has 0 aliphatic rings. The van der Waals surface area contributed by atoms with Gasteiger partial charge in [0.1, 0.15) is 10.7 Å². The Morgan fingerprint density at radius 3 is 2.45 bits per heavy atom. The third-order valence-corrected chi connectivity index (χ3v) is 4.77. The molecule has 154 valence electrons. The molecule has 0 radical (unpaired) electrons. The number of aromatic nitrogens is 1. The maximum Gasteiger partial charge on any atom is 0.270 e. The molecule has 0 bridgehead atoms. The van der Waals surface area contributed by atoms with Crippen molar-refractivity contribution < 1.29 is 14.5 Å². The fraction of sp³-hybridized carbons (Fsp3) is 0.350. The highest BCUT2D eigenvalue weighted by Crippen LogP contribution is 2.16. The molecule has 0 unspecified atom stereocenters. The van der Waals surface area contributed by atoms with Gasteiger partial charge in [-0.2, -0.15) is 0 Å². The lowest BCUT2D eigenvalue weighted by Gasteiger charge is -2.24. The SMILES string of the molecule is CC(C)NC(=O)c1csc(CN(C(=O)C=Cc2ccc([N+](=O)[O-])cc2)C(C)C)n1. The lowest BCUT2D eigenvalue weighted by atomic mass is 10.2. The van der Waals surface area contributed by atoms with Crippen molar-refractivity contribution in [1.82, 2.24) is 15.2 Å². The van der Waals surface area contributed by atoms with E-state index in [2.05, 4.69) is 10.3 Å². The molecule has 0 atom stereocenters. The van der Waals surface area contributed by atoms with Gasteiger partial charge in [0.05, 0.1) is 11.5 Å². The number of hydrogen-bond donors (Lipinski definition) is 1. The van der Waals surface area contributed by atoms with E-state index >= 15 is 0 Å². The molecule has 1 aromatic carbocycles. The third-order valence-electron chi connectivity index (χ3n) is 3.94. The fourth-order valence-corrected chi connectivity index (χ4v) is 3.23. The first-order valence-corrected chi connectivity index (χ1v) is 10.0. The summed E-state index contributed by atoms with van der Waals surface area (Å²) in [6, 6.07) is 5.91. The summed E-state index contributed by atoms with van der Waals surface area (Å²) in [6.07, 6.45) is 3.05. The summed E-state index contributed by atoms with van der Waals surface area (Å²) in [7, 11) is 0. The predicted molar refractivity (Wildman–Crippen MR) is 113 cm³/mol. The van der Waals surface area contributed by atoms with E-state index in [1.54, 1.807) is 28.5 Å². The Bertz CT molecular complexity index is 903. The summed E-state index contributed by atoms with van der Waals surface area (Å²) < 4.78 is 0. The van der Waals surface area contributed by atoms with Crippen molar-refractivity contribution in [1.29, 1.82) is 0 Å². The van der Waals surface area contributed by atoms with Gasteiger partial charge in [0.25, 0.3) is 11.6 Å². The number of non-ortho nitro benzene ring substituents is 1. The quantitative estimate of drug-likeness (QED) is 0.402. The van der Waals surface area contributed by atoms with Crippen LogP contribution in [0.4, 0.5) is 5.69 Å². The van der Waals surface area contributed by atoms with Crippen molar-refractivity contribution in [3.63, 3.8) is 0 Å². The highest BCUT2D eigenvalue weighted by molar-refractivity contribution is 7.09. The lowest BCUT2D eigenvalue weighted by molar-refractivity contribution is -0.384. The highest BCUT2D eigenvalue weighted by Gasteiger charge is 2.18. The van der Waals surface area contributed by atoms with Crippen molar-refractivity contribution in [2.45, 2.75) is 46.3 Å². The zero-order valence-corrected chi connectivity index (χ0v) is 17.6. The number of amides is 2. The Balaban J connectivity index is 2.07. The molecule has 2 amide bonds. The smallest absolute Gasteiger partial charge is 0.270 e. The fourth-order valence-electron chi connectivity index (χ4n) is 2.46. The number of nitro benzene ring substituents is 1. The first-order valence-electron chi connectivity index (χ1n) is 9.15. The molecule has 0 spiro atoms. The number of nitrogens with zero attached hydrogens (tertiary/aromatic N) is 3. The Labute approximate surface area is 173 Å². The molecule has 8 nitrogen and oxygen atoms in total. The van der Waals surface area contributed by atoms with Gasteiger partial charge in [-0.15, -0.1) is 11.3 Å². The van der Waals surface area contributed by atoms with Crippen LogP contribution in [0, 0.1) is 10.1 Å². The molecule has 1 aromatic heterocycles. The monoisotopic (exact) mass is 416 g/mol. The van der Waals surface area contributed by atoms with Gasteiger partial charge >= 0.3 is 0 Å². The number of hydrogen-bond acceptors (Lipinski definition) is 6. The van der Waals surface area contributed by atoms with E-state index in [4.69, 9.17) is 0 Å². The number of benzene rings is 1. The first kappa shape index (κ1) is 22.2. The molecule has 1 N–H and O–H groups in total. The normalized spacial score (nSPS) is 11.2. The van der Waals surface area contributed by atoms with Gasteiger partial charge in [-0.25, -0.2) is 4.98 Å². The average Bonchev–Trinajstić information content (AvgIpc) is 3.12. The topological polar surface area (TPSA) is 105 Å². The molecule has 1 heterocycles. The zero-order valence-electron chi connectivity index (χ0n) is 16.8. The van der Waals surface area contributed by atoms with Crippen molar-refractivity contribution in [2.24, 2.45) is 0 Å². The molecule has 29 heavy (non-hydrogen) atoms. The summed E-state index contributed by atoms with van der Waals surface area (Å²) in [5.74, 6) is -0.440. The minimum absolute atomic E-state index is 0.00152. The first-order chi connectivity index (χ1) is 13.7. The van der Waals surface area contributed by atoms with Crippen molar-refractivity contribution in [2.75, 3.05) is 0 Å². The number of nitrogens with one attached hydrogen (secondary N) is 1. The van der Waals surface area contributed by atoms with Gasteiger partial charge in [0.15, 0.2) is 0 Å². The summed E-state index contributed by atoms with van der Waals surface area (Å²) in [5, 5.41) is 15.9. The molecular weight excluding hydrogens is 392 g/mol. The highest BCUT2D eigenvalue weighted by atomic mass is 32.1. The van der Waals surface area contributed by atoms with Crippen LogP contribution in [0.1, 0.15) is 48.8 Å². The van der Waals surface area contributed by atoms with Crippen molar-refractivity contribution >= 4 is 34.9 Å². The summed E-state index contributed by atoms with van der Waals surface area (Å²) >= 11 is 1.33. The van der Waals surface area contributed by atoms with Crippen LogP contribution in [-0.4, -0.2) is 38.7 Å². The summed E-state index contributed by atoms with van der Waals surface area (Å²) in [5.41, 5.74) is 1.03. The molecule has 2 rings (SSSR count). The van der Waals surface area contributed by atoms with Crippen LogP contribution in [0.3, 0.4) is 0 Å². The third kappa shape index (κ3) is 6.49. The van der Waals surface area contributed by atoms with Crippen LogP contribution in [0.15, 0.2) is 35.7 Å². The maximum absolute atomic E-state index is 12.7. The molecular formula is C20H24N4O4S. The largest absolute Gasteiger partial charge is 0.349 e. The van der Waals surface area contributed by atoms with Gasteiger partial charge < -0.3 is 10.2 Å². The number of thiazole rings is 1. The number of rotatable bonds is 8. The van der Waals surface area contributed by atoms with E-state index < -0.39 is 4.92 Å². The van der Waals surface area contributed by atoms with E-state index in [9.17, 15) is 19.7 Å². The Hall–Kier alpha value is -3.07. The standard InChI is InChI=1S/C20H24N4O4S/c1-13(2)21-20(26)17-12-29-18(22-17)11-23(14(3)4)19(25)10-7-15-5-8-16(9-6-15)24(27)28/h5-10,12-14H,11H2,1-4H3,(H,21,26). The van der Waals surface area contributed by atoms with E-state index in [0.29, 0.717) is 22.8 Å². The number of nitro groups is 1. The average molecular weight is 417 g/mol. The minimum Gasteiger partial charge on any atom is -0.349 e. The van der Waals surface area contributed by atoms with Crippen LogP contribution in [0.25, 0.3) is 6.08 Å². The van der Waals surface area contributed by atoms with Crippen LogP contribution in [0.5, 0.6) is 0 Å². The molecule has 9 heteroatoms. The van der Waals surface area contributed by atoms with Crippen molar-refractivity contribution in [3.8, 4) is 0 Å². The van der Waals surface area contributed by atoms with E-state index in [1.165, 1.54) is 29.5 Å². The summed E-state index contributed by atoms with van der Waals surface area (Å²) in [6.45, 7) is 7.85. The zero-order chi connectivity index (χ0) is 21.6. The molecule has 0 fully saturated rings. The van der Waals surface area contributed by atoms with Crippen molar-refractivity contribution in [3.05, 3.63) is 62.1 Å². The Kier molecular flexibility index (Phi) is 7.60. The molecule has 2 aromatic rings. The summed E-state index contributed by atoms with van der Waals surface area (Å²) in [4.78, 5) is 40.9. The van der Waals surface area contributed by atoms with E-state index in [0.717, 1.165) is 0 Å². The van der Waals surface area contributed by atoms with Gasteiger partial charge in [-0.05, 0) is 51.5 Å². The van der Waals surface area contributed by atoms with Gasteiger partial charge in [0.2, 0.25) is 5.91 Å². The van der Waals surface area contributed by atoms with Crippen LogP contribution < -0.4 is 5.32 Å². The van der Waals surface area contributed by atoms with Gasteiger partial charge in [0, 0.05) is 35.7 Å². The van der Waals surface area contributed by atoms with Gasteiger partial charge in [-0.1, -0.05) is 0 Å². The molecule has 0 saturated carbocycles. The van der Waals surface area contributed by atoms with Gasteiger partial charge in [-0.3, -0.25) is 19.7 Å². The van der Waals surface area contributed by atoms with Crippen LogP contribution >= 0.6 is 11.3 Å². The second kappa shape index (κ2) is 9.92. The lowest BCUT2D eigenvalue weighted by Crippen LogP contribution is -2.35. The molecule has 0 saturated heterocycles.